The molecule has 1 saturated heterocycles. The summed E-state index contributed by atoms with van der Waals surface area (Å²) in [6.45, 7) is 7.50. The topological polar surface area (TPSA) is 55.9 Å². The number of ether oxygens (including phenoxy) is 1. The third-order valence-electron chi connectivity index (χ3n) is 3.38. The van der Waals surface area contributed by atoms with Crippen LogP contribution in [0.5, 0.6) is 0 Å². The van der Waals surface area contributed by atoms with Gasteiger partial charge in [-0.2, -0.15) is 8.42 Å². The number of hydrogen-bond donors (Lipinski definition) is 0. The maximum Gasteiger partial charge on any atom is 0.264 e. The summed E-state index contributed by atoms with van der Waals surface area (Å²) >= 11 is 0. The lowest BCUT2D eigenvalue weighted by atomic mass is 9.78. The lowest BCUT2D eigenvalue weighted by molar-refractivity contribution is 0.0929. The summed E-state index contributed by atoms with van der Waals surface area (Å²) in [4.78, 5) is 0. The molecule has 4 atom stereocenters. The Balaban J connectivity index is 2.27. The molecule has 92 valence electrons. The quantitative estimate of drug-likeness (QED) is 0.430. The largest absolute Gasteiger partial charge is 0.363 e. The zero-order valence-electron chi connectivity index (χ0n) is 10.8. The second-order valence-corrected chi connectivity index (χ2v) is 6.48. The Labute approximate surface area is 98.2 Å². The fourth-order valence-corrected chi connectivity index (χ4v) is 2.82. The minimum Gasteiger partial charge on any atom is -0.363 e. The van der Waals surface area contributed by atoms with Gasteiger partial charge in [-0.3, -0.25) is 4.18 Å². The Morgan fingerprint density at radius 2 is 2.25 bits per heavy atom. The molecular weight excluding hydrogens is 228 g/mol. The van der Waals surface area contributed by atoms with Gasteiger partial charge in [0.25, 0.3) is 10.1 Å². The SMILES string of the molecule is [2H][C@@]1(OS(C)(=O)=O)C[C@H](C(=C)C)C[C@@H]2O[C@@]21C. The van der Waals surface area contributed by atoms with E-state index in [1.807, 2.05) is 6.92 Å². The Morgan fingerprint density at radius 1 is 1.62 bits per heavy atom. The number of hydrogen-bond acceptors (Lipinski definition) is 4. The molecule has 0 radical (unpaired) electrons. The van der Waals surface area contributed by atoms with Gasteiger partial charge in [0.05, 0.1) is 13.7 Å². The molecule has 0 aromatic carbocycles. The molecule has 0 bridgehead atoms. The number of epoxide rings is 1. The van der Waals surface area contributed by atoms with E-state index in [1.54, 1.807) is 6.92 Å². The van der Waals surface area contributed by atoms with Crippen molar-refractivity contribution in [3.8, 4) is 0 Å². The van der Waals surface area contributed by atoms with Crippen molar-refractivity contribution in [3.05, 3.63) is 12.2 Å². The van der Waals surface area contributed by atoms with Crippen molar-refractivity contribution in [2.24, 2.45) is 5.92 Å². The van der Waals surface area contributed by atoms with Gasteiger partial charge in [-0.25, -0.2) is 0 Å². The molecule has 0 amide bonds. The van der Waals surface area contributed by atoms with Crippen molar-refractivity contribution in [1.29, 1.82) is 0 Å². The van der Waals surface area contributed by atoms with Crippen molar-refractivity contribution in [3.63, 3.8) is 0 Å². The Bertz CT molecular complexity index is 460. The van der Waals surface area contributed by atoms with Crippen molar-refractivity contribution in [1.82, 2.24) is 0 Å². The standard InChI is InChI=1S/C11H18O4S/c1-7(2)8-5-9-11(3,14-9)10(6-8)15-16(4,12)13/h8-10H,1,5-6H2,2-4H3/t8-,9+,10-,11+/m1/s1/i10D. The van der Waals surface area contributed by atoms with E-state index in [0.717, 1.165) is 18.2 Å². The predicted octanol–water partition coefficient (Wildman–Crippen LogP) is 1.47. The highest BCUT2D eigenvalue weighted by Crippen LogP contribution is 2.52. The molecule has 2 fully saturated rings. The molecule has 1 aliphatic heterocycles. The van der Waals surface area contributed by atoms with Crippen LogP contribution in [0.2, 0.25) is 0 Å². The van der Waals surface area contributed by atoms with Gasteiger partial charge in [0, 0.05) is 0 Å². The third-order valence-corrected chi connectivity index (χ3v) is 3.88. The zero-order chi connectivity index (χ0) is 13.1. The second kappa shape index (κ2) is 3.55. The fourth-order valence-electron chi connectivity index (χ4n) is 2.22. The molecule has 16 heavy (non-hydrogen) atoms. The molecule has 2 aliphatic rings. The maximum absolute atomic E-state index is 11.3. The van der Waals surface area contributed by atoms with E-state index in [2.05, 4.69) is 6.58 Å². The van der Waals surface area contributed by atoms with Crippen molar-refractivity contribution < 1.29 is 18.7 Å². The Morgan fingerprint density at radius 3 is 2.75 bits per heavy atom. The van der Waals surface area contributed by atoms with Crippen molar-refractivity contribution >= 4 is 10.1 Å². The van der Waals surface area contributed by atoms with Gasteiger partial charge in [0.15, 0.2) is 0 Å². The van der Waals surface area contributed by atoms with Gasteiger partial charge in [0.2, 0.25) is 0 Å². The average molecular weight is 247 g/mol. The first-order valence-electron chi connectivity index (χ1n) is 5.81. The van der Waals surface area contributed by atoms with E-state index < -0.39 is 21.8 Å². The normalized spacial score (nSPS) is 48.1. The van der Waals surface area contributed by atoms with E-state index in [1.165, 1.54) is 0 Å². The van der Waals surface area contributed by atoms with Crippen LogP contribution in [0.15, 0.2) is 12.2 Å². The molecule has 4 nitrogen and oxygen atoms in total. The van der Waals surface area contributed by atoms with Gasteiger partial charge in [0.1, 0.15) is 11.7 Å². The number of allylic oxidation sites excluding steroid dienone is 1. The zero-order valence-corrected chi connectivity index (χ0v) is 10.6. The van der Waals surface area contributed by atoms with E-state index in [-0.39, 0.29) is 12.0 Å². The summed E-state index contributed by atoms with van der Waals surface area (Å²) in [5.41, 5.74) is 0.137. The summed E-state index contributed by atoms with van der Waals surface area (Å²) in [6.07, 6.45) is 0.431. The van der Waals surface area contributed by atoms with Gasteiger partial charge in [-0.1, -0.05) is 12.2 Å². The summed E-state index contributed by atoms with van der Waals surface area (Å²) < 4.78 is 41.3. The van der Waals surface area contributed by atoms with E-state index in [4.69, 9.17) is 10.3 Å². The van der Waals surface area contributed by atoms with Crippen molar-refractivity contribution in [2.75, 3.05) is 6.26 Å². The van der Waals surface area contributed by atoms with Crippen LogP contribution in [0.3, 0.4) is 0 Å². The van der Waals surface area contributed by atoms with E-state index in [0.29, 0.717) is 6.42 Å². The van der Waals surface area contributed by atoms with Gasteiger partial charge in [-0.05, 0) is 32.6 Å². The summed E-state index contributed by atoms with van der Waals surface area (Å²) in [7, 11) is -3.67. The summed E-state index contributed by atoms with van der Waals surface area (Å²) in [5.74, 6) is 0.0785. The molecule has 0 N–H and O–H groups in total. The van der Waals surface area contributed by atoms with Crippen LogP contribution in [-0.4, -0.2) is 32.5 Å². The molecule has 0 spiro atoms. The molecule has 1 aliphatic carbocycles. The third kappa shape index (κ3) is 2.17. The Hall–Kier alpha value is -0.390. The lowest BCUT2D eigenvalue weighted by Crippen LogP contribution is -2.39. The summed E-state index contributed by atoms with van der Waals surface area (Å²) in [6, 6.07) is 0. The van der Waals surface area contributed by atoms with Crippen LogP contribution in [0.1, 0.15) is 28.1 Å². The van der Waals surface area contributed by atoms with Gasteiger partial charge >= 0.3 is 0 Å². The molecule has 5 heteroatoms. The van der Waals surface area contributed by atoms with Crippen LogP contribution >= 0.6 is 0 Å². The van der Waals surface area contributed by atoms with Crippen LogP contribution in [-0.2, 0) is 19.0 Å². The summed E-state index contributed by atoms with van der Waals surface area (Å²) in [5, 5.41) is 0. The first-order chi connectivity index (χ1) is 7.57. The monoisotopic (exact) mass is 247 g/mol. The molecule has 1 heterocycles. The fraction of sp³-hybridized carbons (Fsp3) is 0.818. The molecule has 0 aromatic heterocycles. The smallest absolute Gasteiger partial charge is 0.264 e. The van der Waals surface area contributed by atoms with Crippen LogP contribution in [0, 0.1) is 5.92 Å². The van der Waals surface area contributed by atoms with Crippen LogP contribution < -0.4 is 0 Å². The van der Waals surface area contributed by atoms with Gasteiger partial charge < -0.3 is 4.74 Å². The van der Waals surface area contributed by atoms with E-state index in [9.17, 15) is 8.42 Å². The van der Waals surface area contributed by atoms with E-state index >= 15 is 0 Å². The minimum absolute atomic E-state index is 0.0785. The number of fused-ring (bicyclic) bond motifs is 1. The highest BCUT2D eigenvalue weighted by Gasteiger charge is 2.62. The molecule has 0 unspecified atom stereocenters. The predicted molar refractivity (Wildman–Crippen MR) is 60.5 cm³/mol. The molecule has 0 aromatic rings. The molecular formula is C11H18O4S. The van der Waals surface area contributed by atoms with Gasteiger partial charge in [-0.15, -0.1) is 0 Å². The van der Waals surface area contributed by atoms with Crippen LogP contribution in [0.25, 0.3) is 0 Å². The first kappa shape index (κ1) is 10.7. The average Bonchev–Trinajstić information content (AvgIpc) is 2.74. The highest BCUT2D eigenvalue weighted by atomic mass is 32.2. The van der Waals surface area contributed by atoms with Crippen molar-refractivity contribution in [2.45, 2.75) is 44.5 Å². The lowest BCUT2D eigenvalue weighted by Gasteiger charge is -2.30. The molecule has 2 rings (SSSR count). The maximum atomic E-state index is 11.3. The molecule has 1 saturated carbocycles. The van der Waals surface area contributed by atoms with Crippen LogP contribution in [0.4, 0.5) is 0 Å². The highest BCUT2D eigenvalue weighted by molar-refractivity contribution is 7.86. The first-order valence-corrected chi connectivity index (χ1v) is 7.13. The second-order valence-electron chi connectivity index (χ2n) is 4.91. The Kier molecular flexibility index (Phi) is 2.38. The number of rotatable bonds is 3. The minimum atomic E-state index is -3.67.